The molecule has 0 unspecified atom stereocenters. The van der Waals surface area contributed by atoms with E-state index in [0.29, 0.717) is 22.3 Å². The molecule has 0 spiro atoms. The van der Waals surface area contributed by atoms with Crippen LogP contribution in [0.1, 0.15) is 0 Å². The number of rotatable bonds is 5. The summed E-state index contributed by atoms with van der Waals surface area (Å²) in [6.45, 7) is 0. The van der Waals surface area contributed by atoms with Crippen LogP contribution in [0.3, 0.4) is 0 Å². The van der Waals surface area contributed by atoms with Crippen molar-refractivity contribution in [2.24, 2.45) is 5.10 Å². The number of thioether (sulfide) groups is 1. The van der Waals surface area contributed by atoms with Crippen molar-refractivity contribution < 1.29 is 4.79 Å². The Kier molecular flexibility index (Phi) is 5.59. The topological polar surface area (TPSA) is 83.4 Å². The number of nitrogens with one attached hydrogen (secondary N) is 1. The lowest BCUT2D eigenvalue weighted by Crippen LogP contribution is -2.29. The summed E-state index contributed by atoms with van der Waals surface area (Å²) in [5.41, 5.74) is 6.89. The molecule has 1 aliphatic heterocycles. The van der Waals surface area contributed by atoms with Crippen LogP contribution in [0.4, 0.5) is 11.6 Å². The third-order valence-corrected chi connectivity index (χ3v) is 5.74. The Morgan fingerprint density at radius 2 is 1.38 bits per heavy atom. The first kappa shape index (κ1) is 19.9. The van der Waals surface area contributed by atoms with Crippen LogP contribution in [0.15, 0.2) is 96.1 Å². The molecule has 0 bridgehead atoms. The quantitative estimate of drug-likeness (QED) is 0.456. The minimum absolute atomic E-state index is 0.0230. The monoisotopic (exact) mass is 438 g/mol. The normalized spacial score (nSPS) is 14.7. The van der Waals surface area contributed by atoms with Crippen LogP contribution in [0.5, 0.6) is 0 Å². The molecule has 5 rings (SSSR count). The van der Waals surface area contributed by atoms with Gasteiger partial charge in [0.25, 0.3) is 5.95 Å². The summed E-state index contributed by atoms with van der Waals surface area (Å²) in [4.78, 5) is 18.7. The Balaban J connectivity index is 1.49. The molecule has 1 aromatic heterocycles. The zero-order chi connectivity index (χ0) is 21.8. The lowest BCUT2D eigenvalue weighted by atomic mass is 10.0. The average Bonchev–Trinajstić information content (AvgIpc) is 3.24. The molecule has 0 atom stereocenters. The number of amides is 1. The number of amidine groups is 1. The van der Waals surface area contributed by atoms with Crippen LogP contribution < -0.4 is 10.3 Å². The van der Waals surface area contributed by atoms with Gasteiger partial charge in [0.15, 0.2) is 5.17 Å². The molecule has 32 heavy (non-hydrogen) atoms. The summed E-state index contributed by atoms with van der Waals surface area (Å²) in [7, 11) is 0. The van der Waals surface area contributed by atoms with Gasteiger partial charge in [-0.25, -0.2) is 10.4 Å². The van der Waals surface area contributed by atoms with Crippen LogP contribution >= 0.6 is 11.8 Å². The van der Waals surface area contributed by atoms with Crippen molar-refractivity contribution in [3.63, 3.8) is 0 Å². The van der Waals surface area contributed by atoms with E-state index in [-0.39, 0.29) is 11.9 Å². The molecule has 1 amide bonds. The summed E-state index contributed by atoms with van der Waals surface area (Å²) in [6.07, 6.45) is 0. The van der Waals surface area contributed by atoms with Gasteiger partial charge in [0.1, 0.15) is 11.4 Å². The van der Waals surface area contributed by atoms with Crippen molar-refractivity contribution in [3.05, 3.63) is 91.0 Å². The smallest absolute Gasteiger partial charge is 0.263 e. The van der Waals surface area contributed by atoms with E-state index >= 15 is 0 Å². The van der Waals surface area contributed by atoms with Gasteiger partial charge < -0.3 is 0 Å². The molecule has 8 heteroatoms. The molecule has 2 heterocycles. The van der Waals surface area contributed by atoms with E-state index in [1.54, 1.807) is 4.90 Å². The van der Waals surface area contributed by atoms with Crippen LogP contribution in [-0.2, 0) is 4.79 Å². The number of carbonyl (C=O) groups excluding carboxylic acids is 1. The minimum atomic E-state index is -0.0230. The van der Waals surface area contributed by atoms with Crippen molar-refractivity contribution in [1.82, 2.24) is 15.2 Å². The molecule has 1 fully saturated rings. The van der Waals surface area contributed by atoms with Crippen LogP contribution in [0.2, 0.25) is 0 Å². The third kappa shape index (κ3) is 4.08. The molecule has 0 radical (unpaired) electrons. The maximum atomic E-state index is 12.4. The fraction of sp³-hybridized carbons (Fsp3) is 0.0417. The SMILES string of the molecule is O=C1CS/C(=N\Nc2nnc(-c3ccccc3)c(-c3ccccc3)n2)N1c1ccccc1. The Labute approximate surface area is 189 Å². The lowest BCUT2D eigenvalue weighted by Gasteiger charge is -2.15. The largest absolute Gasteiger partial charge is 0.273 e. The average molecular weight is 439 g/mol. The number of aromatic nitrogens is 3. The maximum Gasteiger partial charge on any atom is 0.263 e. The van der Waals surface area contributed by atoms with E-state index in [4.69, 9.17) is 4.98 Å². The predicted molar refractivity (Wildman–Crippen MR) is 128 cm³/mol. The van der Waals surface area contributed by atoms with Crippen molar-refractivity contribution in [2.45, 2.75) is 0 Å². The van der Waals surface area contributed by atoms with Crippen molar-refractivity contribution in [2.75, 3.05) is 16.1 Å². The summed E-state index contributed by atoms with van der Waals surface area (Å²) in [5.74, 6) is 0.561. The Morgan fingerprint density at radius 1 is 0.781 bits per heavy atom. The second-order valence-corrected chi connectivity index (χ2v) is 7.87. The number of carbonyl (C=O) groups is 1. The highest BCUT2D eigenvalue weighted by molar-refractivity contribution is 8.15. The van der Waals surface area contributed by atoms with Crippen molar-refractivity contribution >= 4 is 34.5 Å². The molecular weight excluding hydrogens is 420 g/mol. The Morgan fingerprint density at radius 3 is 2.03 bits per heavy atom. The van der Waals surface area contributed by atoms with E-state index in [2.05, 4.69) is 20.7 Å². The van der Waals surface area contributed by atoms with E-state index < -0.39 is 0 Å². The van der Waals surface area contributed by atoms with Gasteiger partial charge in [0.05, 0.1) is 11.4 Å². The minimum Gasteiger partial charge on any atom is -0.273 e. The summed E-state index contributed by atoms with van der Waals surface area (Å²) >= 11 is 1.36. The highest BCUT2D eigenvalue weighted by Gasteiger charge is 2.29. The van der Waals surface area contributed by atoms with E-state index in [0.717, 1.165) is 16.8 Å². The highest BCUT2D eigenvalue weighted by Crippen LogP contribution is 2.29. The first-order valence-electron chi connectivity index (χ1n) is 9.99. The first-order valence-corrected chi connectivity index (χ1v) is 11.0. The summed E-state index contributed by atoms with van der Waals surface area (Å²) < 4.78 is 0. The van der Waals surface area contributed by atoms with Gasteiger partial charge in [-0.3, -0.25) is 9.69 Å². The number of hydrazone groups is 1. The fourth-order valence-electron chi connectivity index (χ4n) is 3.33. The van der Waals surface area contributed by atoms with Gasteiger partial charge in [-0.15, -0.1) is 15.3 Å². The summed E-state index contributed by atoms with van der Waals surface area (Å²) in [6, 6.07) is 29.1. The zero-order valence-electron chi connectivity index (χ0n) is 16.9. The molecule has 0 aliphatic carbocycles. The van der Waals surface area contributed by atoms with Gasteiger partial charge in [-0.05, 0) is 12.1 Å². The van der Waals surface area contributed by atoms with E-state index in [9.17, 15) is 4.79 Å². The second kappa shape index (κ2) is 8.99. The third-order valence-electron chi connectivity index (χ3n) is 4.81. The lowest BCUT2D eigenvalue weighted by molar-refractivity contribution is -0.115. The van der Waals surface area contributed by atoms with Crippen LogP contribution in [-0.4, -0.2) is 32.0 Å². The molecule has 7 nitrogen and oxygen atoms in total. The van der Waals surface area contributed by atoms with Gasteiger partial charge in [-0.1, -0.05) is 90.6 Å². The number of hydrogen-bond donors (Lipinski definition) is 1. The molecule has 1 aliphatic rings. The van der Waals surface area contributed by atoms with Gasteiger partial charge in [0.2, 0.25) is 5.91 Å². The number of nitrogens with zero attached hydrogens (tertiary/aromatic N) is 5. The van der Waals surface area contributed by atoms with Gasteiger partial charge >= 0.3 is 0 Å². The van der Waals surface area contributed by atoms with E-state index in [1.165, 1.54) is 11.8 Å². The Hall–Kier alpha value is -4.04. The van der Waals surface area contributed by atoms with Crippen LogP contribution in [0, 0.1) is 0 Å². The molecular formula is C24H18N6OS. The second-order valence-electron chi connectivity index (χ2n) is 6.92. The highest BCUT2D eigenvalue weighted by atomic mass is 32.2. The van der Waals surface area contributed by atoms with Crippen LogP contribution in [0.25, 0.3) is 22.5 Å². The van der Waals surface area contributed by atoms with Crippen molar-refractivity contribution in [1.29, 1.82) is 0 Å². The number of hydrogen-bond acceptors (Lipinski definition) is 7. The molecule has 156 valence electrons. The number of anilines is 2. The molecule has 1 N–H and O–H groups in total. The number of para-hydroxylation sites is 1. The first-order chi connectivity index (χ1) is 15.8. The maximum absolute atomic E-state index is 12.4. The van der Waals surface area contributed by atoms with Gasteiger partial charge in [-0.2, -0.15) is 0 Å². The molecule has 1 saturated heterocycles. The summed E-state index contributed by atoms with van der Waals surface area (Å²) in [5, 5.41) is 13.6. The molecule has 0 saturated carbocycles. The van der Waals surface area contributed by atoms with Crippen molar-refractivity contribution in [3.8, 4) is 22.5 Å². The molecule has 4 aromatic rings. The Bertz CT molecular complexity index is 1270. The predicted octanol–water partition coefficient (Wildman–Crippen LogP) is 4.67. The standard InChI is InChI=1S/C24H18N6OS/c31-20-16-32-24(30(20)19-14-8-3-9-15-19)29-28-23-25-21(17-10-4-1-5-11-17)22(26-27-23)18-12-6-2-7-13-18/h1-15H,16H2,(H,25,27,28)/b29-24-. The number of benzene rings is 3. The van der Waals surface area contributed by atoms with Gasteiger partial charge in [0, 0.05) is 11.1 Å². The van der Waals surface area contributed by atoms with E-state index in [1.807, 2.05) is 91.0 Å². The fourth-order valence-corrected chi connectivity index (χ4v) is 4.16. The molecule has 3 aromatic carbocycles. The zero-order valence-corrected chi connectivity index (χ0v) is 17.7.